The Kier molecular flexibility index (Phi) is 6.99. The monoisotopic (exact) mass is 477 g/mol. The molecule has 1 aliphatic carbocycles. The van der Waals surface area contributed by atoms with E-state index >= 15 is 0 Å². The van der Waals surface area contributed by atoms with Crippen LogP contribution in [0.2, 0.25) is 0 Å². The molecule has 0 saturated heterocycles. The van der Waals surface area contributed by atoms with Gasteiger partial charge in [-0.3, -0.25) is 9.59 Å². The second-order valence-corrected chi connectivity index (χ2v) is 9.45. The van der Waals surface area contributed by atoms with Crippen LogP contribution >= 0.6 is 0 Å². The number of benzene rings is 3. The van der Waals surface area contributed by atoms with Crippen molar-refractivity contribution in [3.63, 3.8) is 0 Å². The molecule has 0 aliphatic heterocycles. The summed E-state index contributed by atoms with van der Waals surface area (Å²) in [5.41, 5.74) is 4.92. The van der Waals surface area contributed by atoms with E-state index in [1.807, 2.05) is 108 Å². The van der Waals surface area contributed by atoms with Gasteiger partial charge in [0.25, 0.3) is 5.91 Å². The minimum atomic E-state index is -0.0796. The van der Waals surface area contributed by atoms with Crippen molar-refractivity contribution >= 4 is 11.8 Å². The van der Waals surface area contributed by atoms with E-state index in [1.54, 1.807) is 4.90 Å². The van der Waals surface area contributed by atoms with Gasteiger partial charge in [-0.2, -0.15) is 0 Å². The topological polar surface area (TPSA) is 45.6 Å². The lowest BCUT2D eigenvalue weighted by Gasteiger charge is -2.28. The molecule has 2 amide bonds. The Morgan fingerprint density at radius 2 is 1.42 bits per heavy atom. The highest BCUT2D eigenvalue weighted by atomic mass is 16.2. The van der Waals surface area contributed by atoms with Crippen molar-refractivity contribution in [1.29, 1.82) is 0 Å². The molecule has 0 atom stereocenters. The van der Waals surface area contributed by atoms with Gasteiger partial charge in [0.05, 0.1) is 6.54 Å². The summed E-state index contributed by atoms with van der Waals surface area (Å²) < 4.78 is 2.03. The molecule has 0 unspecified atom stereocenters. The minimum Gasteiger partial charge on any atom is -0.353 e. The molecule has 182 valence electrons. The zero-order valence-corrected chi connectivity index (χ0v) is 20.6. The highest BCUT2D eigenvalue weighted by Crippen LogP contribution is 2.29. The van der Waals surface area contributed by atoms with Crippen molar-refractivity contribution in [2.45, 2.75) is 32.0 Å². The van der Waals surface area contributed by atoms with Gasteiger partial charge in [-0.15, -0.1) is 0 Å². The fourth-order valence-electron chi connectivity index (χ4n) is 4.49. The van der Waals surface area contributed by atoms with E-state index in [0.717, 1.165) is 35.2 Å². The molecule has 1 saturated carbocycles. The van der Waals surface area contributed by atoms with Gasteiger partial charge in [-0.25, -0.2) is 0 Å². The molecule has 5 rings (SSSR count). The highest BCUT2D eigenvalue weighted by Gasteiger charge is 2.35. The van der Waals surface area contributed by atoms with Crippen LogP contribution in [0.15, 0.2) is 103 Å². The predicted octanol–water partition coefficient (Wildman–Crippen LogP) is 5.53. The first-order valence-corrected chi connectivity index (χ1v) is 12.5. The Hall–Kier alpha value is -4.12. The van der Waals surface area contributed by atoms with Gasteiger partial charge in [0.1, 0.15) is 6.54 Å². The first-order valence-electron chi connectivity index (χ1n) is 12.5. The summed E-state index contributed by atoms with van der Waals surface area (Å²) in [4.78, 5) is 30.8. The molecule has 1 aromatic heterocycles. The van der Waals surface area contributed by atoms with Crippen molar-refractivity contribution in [2.24, 2.45) is 7.05 Å². The van der Waals surface area contributed by atoms with Crippen LogP contribution in [-0.2, 0) is 24.9 Å². The summed E-state index contributed by atoms with van der Waals surface area (Å²) in [5, 5.41) is 0. The van der Waals surface area contributed by atoms with Crippen LogP contribution in [0.4, 0.5) is 0 Å². The number of rotatable bonds is 9. The van der Waals surface area contributed by atoms with Crippen LogP contribution in [0, 0.1) is 0 Å². The number of aryl methyl sites for hydroxylation is 1. The molecule has 1 fully saturated rings. The molecule has 0 bridgehead atoms. The van der Waals surface area contributed by atoms with E-state index in [0.29, 0.717) is 18.7 Å². The first kappa shape index (κ1) is 23.6. The SMILES string of the molecule is Cn1cccc1CN(Cc1ccccc1)C(=O)CN(C(=O)c1ccc(-c2ccccc2)cc1)C1CC1. The zero-order chi connectivity index (χ0) is 24.9. The van der Waals surface area contributed by atoms with Crippen LogP contribution in [0.25, 0.3) is 11.1 Å². The smallest absolute Gasteiger partial charge is 0.254 e. The van der Waals surface area contributed by atoms with Gasteiger partial charge in [0.2, 0.25) is 5.91 Å². The third kappa shape index (κ3) is 5.57. The second-order valence-electron chi connectivity index (χ2n) is 9.45. The van der Waals surface area contributed by atoms with E-state index in [2.05, 4.69) is 12.1 Å². The molecular weight excluding hydrogens is 446 g/mol. The average Bonchev–Trinajstić information content (AvgIpc) is 3.69. The molecule has 1 heterocycles. The maximum Gasteiger partial charge on any atom is 0.254 e. The maximum atomic E-state index is 13.6. The number of carbonyl (C=O) groups excluding carboxylic acids is 2. The summed E-state index contributed by atoms with van der Waals surface area (Å²) in [6.07, 6.45) is 3.87. The number of carbonyl (C=O) groups is 2. The molecule has 3 aromatic carbocycles. The van der Waals surface area contributed by atoms with E-state index < -0.39 is 0 Å². The molecule has 4 aromatic rings. The standard InChI is InChI=1S/C31H31N3O2/c1-32-20-8-13-29(32)22-33(21-24-9-4-2-5-10-24)30(35)23-34(28-18-19-28)31(36)27-16-14-26(15-17-27)25-11-6-3-7-12-25/h2-17,20,28H,18-19,21-23H2,1H3. The van der Waals surface area contributed by atoms with Crippen molar-refractivity contribution in [3.05, 3.63) is 120 Å². The third-order valence-corrected chi connectivity index (χ3v) is 6.77. The Labute approximate surface area is 212 Å². The van der Waals surface area contributed by atoms with Crippen LogP contribution in [-0.4, -0.2) is 38.8 Å². The van der Waals surface area contributed by atoms with Crippen molar-refractivity contribution in [2.75, 3.05) is 6.54 Å². The van der Waals surface area contributed by atoms with E-state index in [1.165, 1.54) is 0 Å². The zero-order valence-electron chi connectivity index (χ0n) is 20.6. The van der Waals surface area contributed by atoms with Gasteiger partial charge in [0.15, 0.2) is 0 Å². The van der Waals surface area contributed by atoms with Gasteiger partial charge < -0.3 is 14.4 Å². The Morgan fingerprint density at radius 1 is 0.778 bits per heavy atom. The minimum absolute atomic E-state index is 0.0405. The third-order valence-electron chi connectivity index (χ3n) is 6.77. The number of nitrogens with zero attached hydrogens (tertiary/aromatic N) is 3. The summed E-state index contributed by atoms with van der Waals surface area (Å²) in [6.45, 7) is 1.08. The normalized spacial score (nSPS) is 12.8. The highest BCUT2D eigenvalue weighted by molar-refractivity contribution is 5.97. The lowest BCUT2D eigenvalue weighted by Crippen LogP contribution is -2.43. The number of hydrogen-bond acceptors (Lipinski definition) is 2. The van der Waals surface area contributed by atoms with E-state index in [4.69, 9.17) is 0 Å². The average molecular weight is 478 g/mol. The van der Waals surface area contributed by atoms with Gasteiger partial charge in [0, 0.05) is 37.1 Å². The fraction of sp³-hybridized carbons (Fsp3) is 0.226. The Morgan fingerprint density at radius 3 is 2.03 bits per heavy atom. The van der Waals surface area contributed by atoms with E-state index in [-0.39, 0.29) is 24.4 Å². The van der Waals surface area contributed by atoms with Gasteiger partial charge >= 0.3 is 0 Å². The molecular formula is C31H31N3O2. The van der Waals surface area contributed by atoms with Crippen LogP contribution < -0.4 is 0 Å². The molecule has 0 spiro atoms. The first-order chi connectivity index (χ1) is 17.6. The summed E-state index contributed by atoms with van der Waals surface area (Å²) in [6, 6.07) is 32.0. The quantitative estimate of drug-likeness (QED) is 0.318. The summed E-state index contributed by atoms with van der Waals surface area (Å²) in [7, 11) is 1.99. The number of hydrogen-bond donors (Lipinski definition) is 0. The molecule has 5 heteroatoms. The largest absolute Gasteiger partial charge is 0.353 e. The van der Waals surface area contributed by atoms with Crippen molar-refractivity contribution in [1.82, 2.24) is 14.4 Å². The van der Waals surface area contributed by atoms with Crippen LogP contribution in [0.5, 0.6) is 0 Å². The lowest BCUT2D eigenvalue weighted by molar-refractivity contribution is -0.133. The molecule has 5 nitrogen and oxygen atoms in total. The molecule has 0 N–H and O–H groups in total. The second kappa shape index (κ2) is 10.6. The summed E-state index contributed by atoms with van der Waals surface area (Å²) >= 11 is 0. The number of amides is 2. The van der Waals surface area contributed by atoms with Crippen molar-refractivity contribution in [3.8, 4) is 11.1 Å². The fourth-order valence-corrected chi connectivity index (χ4v) is 4.49. The van der Waals surface area contributed by atoms with Gasteiger partial charge in [-0.05, 0) is 53.8 Å². The van der Waals surface area contributed by atoms with Crippen LogP contribution in [0.3, 0.4) is 0 Å². The number of aromatic nitrogens is 1. The molecule has 36 heavy (non-hydrogen) atoms. The molecule has 1 aliphatic rings. The van der Waals surface area contributed by atoms with E-state index in [9.17, 15) is 9.59 Å². The summed E-state index contributed by atoms with van der Waals surface area (Å²) in [5.74, 6) is -0.120. The Bertz CT molecular complexity index is 1310. The predicted molar refractivity (Wildman–Crippen MR) is 142 cm³/mol. The van der Waals surface area contributed by atoms with Crippen LogP contribution in [0.1, 0.15) is 34.5 Å². The molecule has 0 radical (unpaired) electrons. The Balaban J connectivity index is 1.33. The van der Waals surface area contributed by atoms with Gasteiger partial charge in [-0.1, -0.05) is 72.8 Å². The lowest BCUT2D eigenvalue weighted by atomic mass is 10.0. The van der Waals surface area contributed by atoms with Crippen molar-refractivity contribution < 1.29 is 9.59 Å². The maximum absolute atomic E-state index is 13.6.